The maximum atomic E-state index is 13.3. The van der Waals surface area contributed by atoms with Gasteiger partial charge in [-0.2, -0.15) is 4.98 Å². The maximum absolute atomic E-state index is 13.3. The van der Waals surface area contributed by atoms with Crippen LogP contribution < -0.4 is 10.6 Å². The predicted octanol–water partition coefficient (Wildman–Crippen LogP) is 3.15. The fourth-order valence-electron chi connectivity index (χ4n) is 2.89. The molecule has 0 unspecified atom stereocenters. The molecule has 0 saturated heterocycles. The molecule has 2 aromatic heterocycles. The van der Waals surface area contributed by atoms with E-state index in [1.807, 2.05) is 33.0 Å². The van der Waals surface area contributed by atoms with E-state index in [1.54, 1.807) is 0 Å². The standard InChI is InChI=1S/C20H27FN6O/c1-4-22-20(24-10-8-18-26-19(13(2)3)27-28-18)23-9-7-14-12-25-17-11-15(21)5-6-16(14)17/h5-6,11-13,25H,4,7-10H2,1-3H3,(H2,22,23,24). The van der Waals surface area contributed by atoms with Crippen molar-refractivity contribution in [3.05, 3.63) is 47.5 Å². The number of rotatable bonds is 8. The lowest BCUT2D eigenvalue weighted by molar-refractivity contribution is 0.372. The number of aromatic amines is 1. The lowest BCUT2D eigenvalue weighted by atomic mass is 10.1. The number of H-pyrrole nitrogens is 1. The number of nitrogens with one attached hydrogen (secondary N) is 3. The number of aliphatic imine (C=N–C) groups is 1. The molecular formula is C20H27FN6O. The van der Waals surface area contributed by atoms with Gasteiger partial charge in [0.2, 0.25) is 5.89 Å². The third kappa shape index (κ3) is 5.09. The highest BCUT2D eigenvalue weighted by Crippen LogP contribution is 2.19. The van der Waals surface area contributed by atoms with Crippen LogP contribution in [-0.2, 0) is 12.8 Å². The van der Waals surface area contributed by atoms with Crippen molar-refractivity contribution in [3.8, 4) is 0 Å². The fraction of sp³-hybridized carbons (Fsp3) is 0.450. The molecule has 3 N–H and O–H groups in total. The van der Waals surface area contributed by atoms with Crippen LogP contribution in [0.1, 0.15) is 44.0 Å². The SMILES string of the molecule is CCNC(=NCCc1nc(C(C)C)no1)NCCc1c[nH]c2cc(F)ccc12. The van der Waals surface area contributed by atoms with Gasteiger partial charge in [-0.15, -0.1) is 0 Å². The van der Waals surface area contributed by atoms with Gasteiger partial charge >= 0.3 is 0 Å². The second-order valence-corrected chi connectivity index (χ2v) is 6.89. The van der Waals surface area contributed by atoms with Gasteiger partial charge in [0, 0.05) is 42.5 Å². The van der Waals surface area contributed by atoms with Crippen LogP contribution in [-0.4, -0.2) is 40.7 Å². The third-order valence-corrected chi connectivity index (χ3v) is 4.36. The Balaban J connectivity index is 1.52. The third-order valence-electron chi connectivity index (χ3n) is 4.36. The number of hydrogen-bond donors (Lipinski definition) is 3. The molecule has 7 nitrogen and oxygen atoms in total. The summed E-state index contributed by atoms with van der Waals surface area (Å²) in [5.74, 6) is 2.09. The maximum Gasteiger partial charge on any atom is 0.228 e. The Morgan fingerprint density at radius 1 is 1.29 bits per heavy atom. The van der Waals surface area contributed by atoms with Gasteiger partial charge in [-0.05, 0) is 37.1 Å². The highest BCUT2D eigenvalue weighted by Gasteiger charge is 2.09. The zero-order chi connectivity index (χ0) is 19.9. The molecule has 2 heterocycles. The first-order valence-electron chi connectivity index (χ1n) is 9.67. The molecular weight excluding hydrogens is 359 g/mol. The summed E-state index contributed by atoms with van der Waals surface area (Å²) in [6, 6.07) is 4.81. The molecule has 0 radical (unpaired) electrons. The molecule has 0 fully saturated rings. The molecule has 0 aliphatic carbocycles. The number of hydrogen-bond acceptors (Lipinski definition) is 4. The van der Waals surface area contributed by atoms with Gasteiger partial charge in [0.25, 0.3) is 0 Å². The van der Waals surface area contributed by atoms with Crippen LogP contribution in [0.4, 0.5) is 4.39 Å². The van der Waals surface area contributed by atoms with Crippen molar-refractivity contribution in [2.75, 3.05) is 19.6 Å². The summed E-state index contributed by atoms with van der Waals surface area (Å²) in [6.45, 7) is 8.14. The van der Waals surface area contributed by atoms with E-state index < -0.39 is 0 Å². The van der Waals surface area contributed by atoms with E-state index in [4.69, 9.17) is 4.52 Å². The Morgan fingerprint density at radius 3 is 2.89 bits per heavy atom. The van der Waals surface area contributed by atoms with E-state index in [0.717, 1.165) is 41.2 Å². The van der Waals surface area contributed by atoms with Crippen molar-refractivity contribution < 1.29 is 8.91 Å². The molecule has 0 atom stereocenters. The smallest absolute Gasteiger partial charge is 0.228 e. The highest BCUT2D eigenvalue weighted by atomic mass is 19.1. The number of fused-ring (bicyclic) bond motifs is 1. The number of nitrogens with zero attached hydrogens (tertiary/aromatic N) is 3. The highest BCUT2D eigenvalue weighted by molar-refractivity contribution is 5.83. The van der Waals surface area contributed by atoms with Crippen LogP contribution in [0.25, 0.3) is 10.9 Å². The van der Waals surface area contributed by atoms with Crippen LogP contribution in [0.15, 0.2) is 33.9 Å². The number of guanidine groups is 1. The molecule has 3 aromatic rings. The van der Waals surface area contributed by atoms with Crippen LogP contribution in [0, 0.1) is 5.82 Å². The molecule has 8 heteroatoms. The minimum absolute atomic E-state index is 0.234. The zero-order valence-electron chi connectivity index (χ0n) is 16.6. The van der Waals surface area contributed by atoms with Gasteiger partial charge in [-0.1, -0.05) is 19.0 Å². The summed E-state index contributed by atoms with van der Waals surface area (Å²) in [4.78, 5) is 12.0. The molecule has 0 spiro atoms. The van der Waals surface area contributed by atoms with E-state index in [1.165, 1.54) is 12.1 Å². The summed E-state index contributed by atoms with van der Waals surface area (Å²) in [6.07, 6.45) is 3.33. The number of benzene rings is 1. The van der Waals surface area contributed by atoms with Gasteiger partial charge in [0.15, 0.2) is 11.8 Å². The molecule has 0 aliphatic heterocycles. The lowest BCUT2D eigenvalue weighted by Crippen LogP contribution is -2.38. The molecule has 0 bridgehead atoms. The van der Waals surface area contributed by atoms with Crippen molar-refractivity contribution >= 4 is 16.9 Å². The first-order chi connectivity index (χ1) is 13.6. The average molecular weight is 386 g/mol. The second kappa shape index (κ2) is 9.34. The van der Waals surface area contributed by atoms with E-state index >= 15 is 0 Å². The summed E-state index contributed by atoms with van der Waals surface area (Å²) in [5, 5.41) is 11.6. The van der Waals surface area contributed by atoms with Gasteiger partial charge in [0.1, 0.15) is 5.82 Å². The normalized spacial score (nSPS) is 12.1. The molecule has 150 valence electrons. The Hall–Kier alpha value is -2.90. The Bertz CT molecular complexity index is 930. The first-order valence-corrected chi connectivity index (χ1v) is 9.67. The Kier molecular flexibility index (Phi) is 6.62. The second-order valence-electron chi connectivity index (χ2n) is 6.89. The molecule has 0 amide bonds. The molecule has 3 rings (SSSR count). The summed E-state index contributed by atoms with van der Waals surface area (Å²) in [7, 11) is 0. The van der Waals surface area contributed by atoms with Crippen LogP contribution in [0.3, 0.4) is 0 Å². The van der Waals surface area contributed by atoms with Crippen molar-refractivity contribution in [1.82, 2.24) is 25.8 Å². The summed E-state index contributed by atoms with van der Waals surface area (Å²) in [5.41, 5.74) is 1.96. The zero-order valence-corrected chi connectivity index (χ0v) is 16.6. The Labute approximate surface area is 163 Å². The largest absolute Gasteiger partial charge is 0.361 e. The minimum atomic E-state index is -0.234. The lowest BCUT2D eigenvalue weighted by Gasteiger charge is -2.10. The van der Waals surface area contributed by atoms with E-state index in [-0.39, 0.29) is 11.7 Å². The van der Waals surface area contributed by atoms with E-state index in [9.17, 15) is 4.39 Å². The quantitative estimate of drug-likeness (QED) is 0.409. The van der Waals surface area contributed by atoms with Crippen molar-refractivity contribution in [1.29, 1.82) is 0 Å². The minimum Gasteiger partial charge on any atom is -0.361 e. The van der Waals surface area contributed by atoms with Gasteiger partial charge in [0.05, 0.1) is 6.54 Å². The van der Waals surface area contributed by atoms with Gasteiger partial charge < -0.3 is 20.1 Å². The van der Waals surface area contributed by atoms with Crippen LogP contribution in [0.2, 0.25) is 0 Å². The van der Waals surface area contributed by atoms with Gasteiger partial charge in [-0.25, -0.2) is 4.39 Å². The summed E-state index contributed by atoms with van der Waals surface area (Å²) >= 11 is 0. The monoisotopic (exact) mass is 386 g/mol. The van der Waals surface area contributed by atoms with Crippen molar-refractivity contribution in [2.45, 2.75) is 39.5 Å². The van der Waals surface area contributed by atoms with Crippen LogP contribution in [0.5, 0.6) is 0 Å². The molecule has 1 aromatic carbocycles. The van der Waals surface area contributed by atoms with Crippen molar-refractivity contribution in [3.63, 3.8) is 0 Å². The number of aromatic nitrogens is 3. The fourth-order valence-corrected chi connectivity index (χ4v) is 2.89. The van der Waals surface area contributed by atoms with Crippen molar-refractivity contribution in [2.24, 2.45) is 4.99 Å². The number of halogens is 1. The summed E-state index contributed by atoms with van der Waals surface area (Å²) < 4.78 is 18.5. The molecule has 0 saturated carbocycles. The predicted molar refractivity (Wildman–Crippen MR) is 108 cm³/mol. The average Bonchev–Trinajstić information content (AvgIpc) is 3.29. The van der Waals surface area contributed by atoms with Crippen LogP contribution >= 0.6 is 0 Å². The Morgan fingerprint density at radius 2 is 2.14 bits per heavy atom. The molecule has 0 aliphatic rings. The van der Waals surface area contributed by atoms with E-state index in [0.29, 0.717) is 25.4 Å². The first kappa shape index (κ1) is 19.9. The molecule has 28 heavy (non-hydrogen) atoms. The van der Waals surface area contributed by atoms with Gasteiger partial charge in [-0.3, -0.25) is 4.99 Å². The topological polar surface area (TPSA) is 91.1 Å². The van der Waals surface area contributed by atoms with E-state index in [2.05, 4.69) is 30.8 Å².